The lowest BCUT2D eigenvalue weighted by atomic mass is 10.1. The number of aliphatic hydroxyl groups is 1. The first-order valence-corrected chi connectivity index (χ1v) is 7.87. The molecule has 2 nitrogen and oxygen atoms in total. The molecular formula is C17H15BrClNO. The molecule has 1 heterocycles. The number of nitrogens with zero attached hydrogens (tertiary/aromatic N) is 1. The molecule has 21 heavy (non-hydrogen) atoms. The molecule has 0 bridgehead atoms. The van der Waals surface area contributed by atoms with E-state index in [1.165, 1.54) is 0 Å². The third kappa shape index (κ3) is 2.30. The Balaban J connectivity index is 2.28. The van der Waals surface area contributed by atoms with Gasteiger partial charge in [0, 0.05) is 26.1 Å². The van der Waals surface area contributed by atoms with E-state index in [2.05, 4.69) is 15.9 Å². The molecule has 0 amide bonds. The van der Waals surface area contributed by atoms with Crippen molar-refractivity contribution in [3.8, 4) is 0 Å². The highest BCUT2D eigenvalue weighted by atomic mass is 79.9. The topological polar surface area (TPSA) is 25.2 Å². The minimum Gasteiger partial charge on any atom is -0.369 e. The summed E-state index contributed by atoms with van der Waals surface area (Å²) in [6, 6.07) is 13.7. The molecule has 1 aromatic heterocycles. The van der Waals surface area contributed by atoms with Crippen molar-refractivity contribution in [2.75, 3.05) is 0 Å². The minimum absolute atomic E-state index is 0.579. The van der Waals surface area contributed by atoms with E-state index < -0.39 is 6.23 Å². The van der Waals surface area contributed by atoms with Crippen LogP contribution in [0.25, 0.3) is 10.9 Å². The first-order valence-electron chi connectivity index (χ1n) is 6.70. The zero-order valence-corrected chi connectivity index (χ0v) is 14.1. The molecule has 0 saturated carbocycles. The van der Waals surface area contributed by atoms with Crippen LogP contribution in [-0.4, -0.2) is 9.67 Å². The first-order chi connectivity index (χ1) is 10.0. The summed E-state index contributed by atoms with van der Waals surface area (Å²) in [5.41, 5.74) is 3.68. The van der Waals surface area contributed by atoms with E-state index in [9.17, 15) is 5.11 Å². The fourth-order valence-electron chi connectivity index (χ4n) is 2.77. The summed E-state index contributed by atoms with van der Waals surface area (Å²) < 4.78 is 2.91. The average molecular weight is 365 g/mol. The molecule has 3 aromatic rings. The van der Waals surface area contributed by atoms with Crippen molar-refractivity contribution in [1.29, 1.82) is 0 Å². The summed E-state index contributed by atoms with van der Waals surface area (Å²) >= 11 is 9.91. The van der Waals surface area contributed by atoms with Crippen LogP contribution in [0.4, 0.5) is 0 Å². The maximum Gasteiger partial charge on any atom is 0.158 e. The second kappa shape index (κ2) is 5.48. The lowest BCUT2D eigenvalue weighted by molar-refractivity contribution is 0.148. The van der Waals surface area contributed by atoms with Gasteiger partial charge in [0.1, 0.15) is 0 Å². The number of aromatic nitrogens is 1. The summed E-state index contributed by atoms with van der Waals surface area (Å²) in [7, 11) is 0. The number of para-hydroxylation sites is 1. The molecule has 3 rings (SSSR count). The molecule has 1 N–H and O–H groups in total. The van der Waals surface area contributed by atoms with Crippen molar-refractivity contribution in [3.63, 3.8) is 0 Å². The summed E-state index contributed by atoms with van der Waals surface area (Å²) in [6.07, 6.45) is -0.810. The molecule has 0 spiro atoms. The van der Waals surface area contributed by atoms with Gasteiger partial charge in [-0.1, -0.05) is 41.9 Å². The smallest absolute Gasteiger partial charge is 0.158 e. The van der Waals surface area contributed by atoms with Crippen LogP contribution in [0.2, 0.25) is 5.02 Å². The zero-order valence-electron chi connectivity index (χ0n) is 11.8. The molecule has 0 radical (unpaired) electrons. The Hall–Kier alpha value is -1.29. The van der Waals surface area contributed by atoms with E-state index in [0.717, 1.165) is 32.2 Å². The summed E-state index contributed by atoms with van der Waals surface area (Å²) in [5, 5.41) is 12.6. The Bertz CT molecular complexity index is 805. The summed E-state index contributed by atoms with van der Waals surface area (Å²) in [4.78, 5) is 0. The van der Waals surface area contributed by atoms with Crippen molar-refractivity contribution >= 4 is 38.4 Å². The summed E-state index contributed by atoms with van der Waals surface area (Å²) in [5.74, 6) is 0. The highest BCUT2D eigenvalue weighted by molar-refractivity contribution is 9.10. The van der Waals surface area contributed by atoms with Gasteiger partial charge in [0.2, 0.25) is 0 Å². The van der Waals surface area contributed by atoms with E-state index in [1.807, 2.05) is 60.9 Å². The van der Waals surface area contributed by atoms with Gasteiger partial charge in [0.25, 0.3) is 0 Å². The SMILES string of the molecule is Cc1cccc(Cl)c1C(O)n1c(C)c(Br)c2ccccc21. The third-order valence-electron chi connectivity index (χ3n) is 3.85. The molecule has 2 aromatic carbocycles. The molecule has 1 unspecified atom stereocenters. The number of benzene rings is 2. The van der Waals surface area contributed by atoms with E-state index in [4.69, 9.17) is 11.6 Å². The Morgan fingerprint density at radius 1 is 1.10 bits per heavy atom. The van der Waals surface area contributed by atoms with Gasteiger partial charge in [-0.05, 0) is 47.5 Å². The third-order valence-corrected chi connectivity index (χ3v) is 5.18. The van der Waals surface area contributed by atoms with Crippen molar-refractivity contribution in [2.45, 2.75) is 20.1 Å². The molecule has 4 heteroatoms. The Morgan fingerprint density at radius 3 is 2.52 bits per heavy atom. The Morgan fingerprint density at radius 2 is 1.81 bits per heavy atom. The highest BCUT2D eigenvalue weighted by Gasteiger charge is 2.21. The predicted molar refractivity (Wildman–Crippen MR) is 90.9 cm³/mol. The van der Waals surface area contributed by atoms with Crippen LogP contribution < -0.4 is 0 Å². The first kappa shape index (κ1) is 14.6. The van der Waals surface area contributed by atoms with Gasteiger partial charge in [0.15, 0.2) is 6.23 Å². The van der Waals surface area contributed by atoms with E-state index in [1.54, 1.807) is 0 Å². The van der Waals surface area contributed by atoms with Gasteiger partial charge in [-0.2, -0.15) is 0 Å². The lowest BCUT2D eigenvalue weighted by Crippen LogP contribution is -2.13. The largest absolute Gasteiger partial charge is 0.369 e. The molecule has 1 atom stereocenters. The Labute approximate surface area is 137 Å². The average Bonchev–Trinajstić information content (AvgIpc) is 2.71. The maximum atomic E-state index is 10.9. The number of fused-ring (bicyclic) bond motifs is 1. The number of aliphatic hydroxyl groups excluding tert-OH is 1. The quantitative estimate of drug-likeness (QED) is 0.663. The molecule has 0 aliphatic carbocycles. The second-order valence-electron chi connectivity index (χ2n) is 5.13. The van der Waals surface area contributed by atoms with Crippen molar-refractivity contribution in [3.05, 3.63) is 68.8 Å². The van der Waals surface area contributed by atoms with Gasteiger partial charge < -0.3 is 9.67 Å². The van der Waals surface area contributed by atoms with E-state index >= 15 is 0 Å². The van der Waals surface area contributed by atoms with Crippen LogP contribution in [-0.2, 0) is 0 Å². The van der Waals surface area contributed by atoms with Gasteiger partial charge >= 0.3 is 0 Å². The van der Waals surface area contributed by atoms with Crippen LogP contribution in [0.15, 0.2) is 46.9 Å². The second-order valence-corrected chi connectivity index (χ2v) is 6.33. The monoisotopic (exact) mass is 363 g/mol. The van der Waals surface area contributed by atoms with E-state index in [-0.39, 0.29) is 0 Å². The fraction of sp³-hybridized carbons (Fsp3) is 0.176. The van der Waals surface area contributed by atoms with Crippen molar-refractivity contribution in [1.82, 2.24) is 4.57 Å². The normalized spacial score (nSPS) is 12.8. The number of aryl methyl sites for hydroxylation is 1. The van der Waals surface area contributed by atoms with Crippen molar-refractivity contribution < 1.29 is 5.11 Å². The van der Waals surface area contributed by atoms with Gasteiger partial charge in [-0.15, -0.1) is 0 Å². The lowest BCUT2D eigenvalue weighted by Gasteiger charge is -2.20. The molecule has 0 saturated heterocycles. The number of hydrogen-bond donors (Lipinski definition) is 1. The van der Waals surface area contributed by atoms with Crippen LogP contribution in [0.5, 0.6) is 0 Å². The predicted octanol–water partition coefficient (Wildman–Crippen LogP) is 5.21. The van der Waals surface area contributed by atoms with Gasteiger partial charge in [-0.25, -0.2) is 0 Å². The molecular weight excluding hydrogens is 350 g/mol. The molecule has 0 fully saturated rings. The van der Waals surface area contributed by atoms with Crippen LogP contribution >= 0.6 is 27.5 Å². The molecule has 108 valence electrons. The van der Waals surface area contributed by atoms with E-state index in [0.29, 0.717) is 5.02 Å². The zero-order chi connectivity index (χ0) is 15.1. The van der Waals surface area contributed by atoms with Gasteiger partial charge in [-0.3, -0.25) is 0 Å². The van der Waals surface area contributed by atoms with Crippen LogP contribution in [0, 0.1) is 13.8 Å². The number of rotatable bonds is 2. The maximum absolute atomic E-state index is 10.9. The van der Waals surface area contributed by atoms with Gasteiger partial charge in [0.05, 0.1) is 5.52 Å². The summed E-state index contributed by atoms with van der Waals surface area (Å²) in [6.45, 7) is 3.94. The number of hydrogen-bond acceptors (Lipinski definition) is 1. The van der Waals surface area contributed by atoms with Crippen LogP contribution in [0.1, 0.15) is 23.0 Å². The Kier molecular flexibility index (Phi) is 3.82. The molecule has 0 aliphatic rings. The number of halogens is 2. The van der Waals surface area contributed by atoms with Crippen molar-refractivity contribution in [2.24, 2.45) is 0 Å². The highest BCUT2D eigenvalue weighted by Crippen LogP contribution is 2.36. The molecule has 0 aliphatic heterocycles. The van der Waals surface area contributed by atoms with Crippen LogP contribution in [0.3, 0.4) is 0 Å². The standard InChI is InChI=1S/C17H15BrClNO/c1-10-6-5-8-13(19)15(10)17(21)20-11(2)16(18)12-7-3-4-9-14(12)20/h3-9,17,21H,1-2H3. The minimum atomic E-state index is -0.810. The fourth-order valence-corrected chi connectivity index (χ4v) is 3.61.